The van der Waals surface area contributed by atoms with Crippen LogP contribution < -0.4 is 10.6 Å². The van der Waals surface area contributed by atoms with Gasteiger partial charge in [-0.05, 0) is 35.9 Å². The zero-order chi connectivity index (χ0) is 15.9. The highest BCUT2D eigenvalue weighted by atomic mass is 19.1. The summed E-state index contributed by atoms with van der Waals surface area (Å²) in [6, 6.07) is 11.8. The van der Waals surface area contributed by atoms with Gasteiger partial charge in [0, 0.05) is 11.3 Å². The van der Waals surface area contributed by atoms with Crippen LogP contribution in [0.5, 0.6) is 0 Å². The van der Waals surface area contributed by atoms with E-state index in [4.69, 9.17) is 5.26 Å². The Morgan fingerprint density at radius 1 is 1.18 bits per heavy atom. The Kier molecular flexibility index (Phi) is 5.04. The van der Waals surface area contributed by atoms with Gasteiger partial charge in [0.1, 0.15) is 18.2 Å². The molecule has 0 saturated carbocycles. The van der Waals surface area contributed by atoms with Gasteiger partial charge in [-0.2, -0.15) is 5.26 Å². The number of halogens is 2. The van der Waals surface area contributed by atoms with Crippen LogP contribution in [0.4, 0.5) is 14.5 Å². The quantitative estimate of drug-likeness (QED) is 0.835. The van der Waals surface area contributed by atoms with Crippen LogP contribution >= 0.6 is 0 Å². The molecule has 4 nitrogen and oxygen atoms in total. The van der Waals surface area contributed by atoms with E-state index in [1.165, 1.54) is 30.3 Å². The average Bonchev–Trinajstić information content (AvgIpc) is 2.51. The molecule has 0 bridgehead atoms. The highest BCUT2D eigenvalue weighted by Crippen LogP contribution is 2.25. The summed E-state index contributed by atoms with van der Waals surface area (Å²) in [5.41, 5.74) is 1.14. The molecule has 0 aromatic heterocycles. The lowest BCUT2D eigenvalue weighted by Gasteiger charge is -2.09. The van der Waals surface area contributed by atoms with Gasteiger partial charge >= 0.3 is 0 Å². The van der Waals surface area contributed by atoms with Crippen molar-refractivity contribution in [2.75, 3.05) is 18.4 Å². The summed E-state index contributed by atoms with van der Waals surface area (Å²) in [6.45, 7) is -0.145. The van der Waals surface area contributed by atoms with Crippen LogP contribution in [0.2, 0.25) is 0 Å². The molecule has 0 aliphatic rings. The van der Waals surface area contributed by atoms with Gasteiger partial charge in [-0.15, -0.1) is 0 Å². The third-order valence-corrected chi connectivity index (χ3v) is 2.92. The van der Waals surface area contributed by atoms with Crippen LogP contribution in [0.1, 0.15) is 0 Å². The van der Waals surface area contributed by atoms with Crippen molar-refractivity contribution >= 4 is 11.6 Å². The number of carbonyl (C=O) groups excluding carboxylic acids is 1. The first-order chi connectivity index (χ1) is 10.6. The van der Waals surface area contributed by atoms with Crippen molar-refractivity contribution in [2.45, 2.75) is 0 Å². The van der Waals surface area contributed by atoms with Crippen molar-refractivity contribution in [3.63, 3.8) is 0 Å². The second-order valence-electron chi connectivity index (χ2n) is 4.49. The van der Waals surface area contributed by atoms with Crippen LogP contribution in [0, 0.1) is 23.0 Å². The predicted octanol–water partition coefficient (Wildman–Crippen LogP) is 2.68. The number of nitrogens with one attached hydrogen (secondary N) is 2. The predicted molar refractivity (Wildman–Crippen MR) is 78.9 cm³/mol. The summed E-state index contributed by atoms with van der Waals surface area (Å²) >= 11 is 0. The number of hydrogen-bond acceptors (Lipinski definition) is 3. The maximum atomic E-state index is 14.1. The maximum Gasteiger partial charge on any atom is 0.240 e. The summed E-state index contributed by atoms with van der Waals surface area (Å²) < 4.78 is 27.3. The monoisotopic (exact) mass is 301 g/mol. The lowest BCUT2D eigenvalue weighted by Crippen LogP contribution is -2.29. The number of anilines is 1. The molecule has 0 fully saturated rings. The summed E-state index contributed by atoms with van der Waals surface area (Å²) in [6.07, 6.45) is 0. The van der Waals surface area contributed by atoms with Crippen LogP contribution in [-0.4, -0.2) is 19.0 Å². The Labute approximate surface area is 126 Å². The molecule has 2 aromatic carbocycles. The fraction of sp³-hybridized carbons (Fsp3) is 0.125. The molecule has 1 amide bonds. The van der Waals surface area contributed by atoms with Gasteiger partial charge < -0.3 is 10.6 Å². The fourth-order valence-corrected chi connectivity index (χ4v) is 1.90. The third kappa shape index (κ3) is 4.03. The second-order valence-corrected chi connectivity index (χ2v) is 4.49. The highest BCUT2D eigenvalue weighted by Gasteiger charge is 2.08. The molecular weight excluding hydrogens is 288 g/mol. The van der Waals surface area contributed by atoms with Crippen LogP contribution in [-0.2, 0) is 4.79 Å². The standard InChI is InChI=1S/C16H13F2N3O/c17-12-3-1-2-11(8-12)14-5-4-13(9-15(14)18)21-10-16(22)20-7-6-19/h1-5,8-9,21H,7,10H2,(H,20,22). The first kappa shape index (κ1) is 15.4. The molecule has 2 rings (SSSR count). The van der Waals surface area contributed by atoms with E-state index in [1.54, 1.807) is 18.2 Å². The van der Waals surface area contributed by atoms with Gasteiger partial charge in [-0.25, -0.2) is 8.78 Å². The molecule has 0 aliphatic heterocycles. The van der Waals surface area contributed by atoms with E-state index in [9.17, 15) is 13.6 Å². The van der Waals surface area contributed by atoms with Gasteiger partial charge in [0.05, 0.1) is 12.6 Å². The lowest BCUT2D eigenvalue weighted by molar-refractivity contribution is -0.119. The van der Waals surface area contributed by atoms with E-state index in [2.05, 4.69) is 10.6 Å². The van der Waals surface area contributed by atoms with Gasteiger partial charge in [-0.1, -0.05) is 12.1 Å². The maximum absolute atomic E-state index is 14.1. The van der Waals surface area contributed by atoms with Crippen molar-refractivity contribution in [1.82, 2.24) is 5.32 Å². The molecular formula is C16H13F2N3O. The van der Waals surface area contributed by atoms with E-state index in [0.29, 0.717) is 11.3 Å². The molecule has 22 heavy (non-hydrogen) atoms. The largest absolute Gasteiger partial charge is 0.376 e. The minimum absolute atomic E-state index is 0.0690. The molecule has 0 aliphatic carbocycles. The highest BCUT2D eigenvalue weighted by molar-refractivity contribution is 5.81. The van der Waals surface area contributed by atoms with Crippen LogP contribution in [0.25, 0.3) is 11.1 Å². The molecule has 0 heterocycles. The normalized spacial score (nSPS) is 9.86. The topological polar surface area (TPSA) is 64.9 Å². The number of carbonyl (C=O) groups is 1. The van der Waals surface area contributed by atoms with E-state index in [1.807, 2.05) is 0 Å². The number of rotatable bonds is 5. The van der Waals surface area contributed by atoms with E-state index < -0.39 is 11.6 Å². The first-order valence-corrected chi connectivity index (χ1v) is 6.53. The SMILES string of the molecule is N#CCNC(=O)CNc1ccc(-c2cccc(F)c2)c(F)c1. The smallest absolute Gasteiger partial charge is 0.240 e. The van der Waals surface area contributed by atoms with Gasteiger partial charge in [0.25, 0.3) is 0 Å². The average molecular weight is 301 g/mol. The summed E-state index contributed by atoms with van der Waals surface area (Å²) in [7, 11) is 0. The zero-order valence-electron chi connectivity index (χ0n) is 11.6. The van der Waals surface area contributed by atoms with Crippen molar-refractivity contribution in [3.8, 4) is 17.2 Å². The number of benzene rings is 2. The lowest BCUT2D eigenvalue weighted by atomic mass is 10.0. The minimum Gasteiger partial charge on any atom is -0.376 e. The second kappa shape index (κ2) is 7.18. The number of amides is 1. The van der Waals surface area contributed by atoms with Crippen molar-refractivity contribution in [1.29, 1.82) is 5.26 Å². The number of nitrogens with zero attached hydrogens (tertiary/aromatic N) is 1. The molecule has 6 heteroatoms. The van der Waals surface area contributed by atoms with E-state index in [-0.39, 0.29) is 24.6 Å². The van der Waals surface area contributed by atoms with Gasteiger partial charge in [0.2, 0.25) is 5.91 Å². The molecule has 112 valence electrons. The Morgan fingerprint density at radius 3 is 2.68 bits per heavy atom. The van der Waals surface area contributed by atoms with Crippen LogP contribution in [0.15, 0.2) is 42.5 Å². The van der Waals surface area contributed by atoms with E-state index in [0.717, 1.165) is 0 Å². The molecule has 0 spiro atoms. The van der Waals surface area contributed by atoms with E-state index >= 15 is 0 Å². The van der Waals surface area contributed by atoms with Gasteiger partial charge in [0.15, 0.2) is 0 Å². The molecule has 0 radical (unpaired) electrons. The Bertz CT molecular complexity index is 726. The first-order valence-electron chi connectivity index (χ1n) is 6.53. The third-order valence-electron chi connectivity index (χ3n) is 2.92. The summed E-state index contributed by atoms with van der Waals surface area (Å²) in [5, 5.41) is 13.4. The molecule has 0 atom stereocenters. The summed E-state index contributed by atoms with van der Waals surface area (Å²) in [4.78, 5) is 11.3. The number of hydrogen-bond donors (Lipinski definition) is 2. The van der Waals surface area contributed by atoms with Crippen molar-refractivity contribution < 1.29 is 13.6 Å². The number of nitriles is 1. The molecule has 0 saturated heterocycles. The fourth-order valence-electron chi connectivity index (χ4n) is 1.90. The Hall–Kier alpha value is -2.94. The zero-order valence-corrected chi connectivity index (χ0v) is 11.6. The Morgan fingerprint density at radius 2 is 2.00 bits per heavy atom. The van der Waals surface area contributed by atoms with Crippen molar-refractivity contribution in [2.24, 2.45) is 0 Å². The van der Waals surface area contributed by atoms with Crippen LogP contribution in [0.3, 0.4) is 0 Å². The summed E-state index contributed by atoms with van der Waals surface area (Å²) in [5.74, 6) is -1.32. The molecule has 2 aromatic rings. The Balaban J connectivity index is 2.07. The molecule has 0 unspecified atom stereocenters. The molecule has 2 N–H and O–H groups in total. The minimum atomic E-state index is -0.520. The van der Waals surface area contributed by atoms with Crippen molar-refractivity contribution in [3.05, 3.63) is 54.1 Å². The van der Waals surface area contributed by atoms with Gasteiger partial charge in [-0.3, -0.25) is 4.79 Å².